The smallest absolute Gasteiger partial charge is 0.335 e. The van der Waals surface area contributed by atoms with Crippen LogP contribution in [0.2, 0.25) is 0 Å². The van der Waals surface area contributed by atoms with Gasteiger partial charge in [0.05, 0.1) is 17.5 Å². The first-order chi connectivity index (χ1) is 23.7. The number of carboxylic acid groups (broad SMARTS) is 2. The molecule has 4 fully saturated rings. The highest BCUT2D eigenvalue weighted by molar-refractivity contribution is 5.88. The van der Waals surface area contributed by atoms with Crippen molar-refractivity contribution in [3.05, 3.63) is 54.1 Å². The van der Waals surface area contributed by atoms with E-state index in [1.165, 1.54) is 37.7 Å². The number of carbonyl (C=O) groups excluding carboxylic acids is 1. The number of benzene rings is 1. The SMILES string of the molecule is C=CC.CCN(CCCNC(=O)C12CCCC1C1CCC3C(C)(CCC4C(C)(C)C(c5ccc(C(=O)O)cc5)=CCC43C)C1CC2)CC(=O)O. The van der Waals surface area contributed by atoms with E-state index in [1.54, 1.807) is 18.2 Å². The maximum absolute atomic E-state index is 14.0. The number of fused-ring (bicyclic) bond motifs is 7. The van der Waals surface area contributed by atoms with E-state index in [0.29, 0.717) is 54.8 Å². The molecule has 0 aromatic heterocycles. The second-order valence-electron chi connectivity index (χ2n) is 17.4. The molecular weight excluding hydrogens is 624 g/mol. The summed E-state index contributed by atoms with van der Waals surface area (Å²) in [6.07, 6.45) is 16.6. The highest BCUT2D eigenvalue weighted by atomic mass is 16.4. The molecule has 0 spiro atoms. The number of amides is 1. The van der Waals surface area contributed by atoms with Crippen molar-refractivity contribution >= 4 is 23.4 Å². The van der Waals surface area contributed by atoms with Crippen LogP contribution in [0.3, 0.4) is 0 Å². The maximum Gasteiger partial charge on any atom is 0.335 e. The monoisotopic (exact) mass is 688 g/mol. The van der Waals surface area contributed by atoms with E-state index in [1.807, 2.05) is 30.9 Å². The van der Waals surface area contributed by atoms with Crippen LogP contribution in [0.25, 0.3) is 5.57 Å². The zero-order valence-corrected chi connectivity index (χ0v) is 31.7. The Bertz CT molecular complexity index is 1450. The van der Waals surface area contributed by atoms with E-state index < -0.39 is 11.9 Å². The predicted molar refractivity (Wildman–Crippen MR) is 201 cm³/mol. The lowest BCUT2D eigenvalue weighted by atomic mass is 9.36. The van der Waals surface area contributed by atoms with Gasteiger partial charge in [-0.15, -0.1) is 6.58 Å². The number of rotatable bonds is 10. The molecule has 0 saturated heterocycles. The van der Waals surface area contributed by atoms with Crippen LogP contribution in [0.4, 0.5) is 0 Å². The number of allylic oxidation sites excluding steroid dienone is 3. The third-order valence-electron chi connectivity index (χ3n) is 14.7. The van der Waals surface area contributed by atoms with Crippen LogP contribution in [0, 0.1) is 51.2 Å². The van der Waals surface area contributed by atoms with Crippen LogP contribution >= 0.6 is 0 Å². The van der Waals surface area contributed by atoms with Gasteiger partial charge in [-0.1, -0.05) is 65.3 Å². The normalized spacial score (nSPS) is 35.2. The number of likely N-dealkylation sites (N-methyl/N-ethyl adjacent to an activating group) is 1. The summed E-state index contributed by atoms with van der Waals surface area (Å²) in [6.45, 7) is 19.4. The predicted octanol–water partition coefficient (Wildman–Crippen LogP) is 8.95. The first kappa shape index (κ1) is 38.3. The number of aromatic carboxylic acids is 1. The zero-order valence-electron chi connectivity index (χ0n) is 31.7. The average Bonchev–Trinajstić information content (AvgIpc) is 3.52. The van der Waals surface area contributed by atoms with Crippen molar-refractivity contribution in [2.75, 3.05) is 26.2 Å². The van der Waals surface area contributed by atoms with Crippen molar-refractivity contribution in [2.45, 2.75) is 112 Å². The molecule has 5 aliphatic rings. The molecule has 6 rings (SSSR count). The fourth-order valence-corrected chi connectivity index (χ4v) is 12.7. The van der Waals surface area contributed by atoms with Gasteiger partial charge in [0.15, 0.2) is 0 Å². The van der Waals surface area contributed by atoms with E-state index in [0.717, 1.165) is 44.1 Å². The molecule has 50 heavy (non-hydrogen) atoms. The van der Waals surface area contributed by atoms with Gasteiger partial charge in [0.2, 0.25) is 5.91 Å². The molecule has 1 amide bonds. The largest absolute Gasteiger partial charge is 0.480 e. The second-order valence-corrected chi connectivity index (χ2v) is 17.4. The molecule has 1 aromatic rings. The van der Waals surface area contributed by atoms with E-state index in [4.69, 9.17) is 5.11 Å². The first-order valence-electron chi connectivity index (χ1n) is 19.5. The van der Waals surface area contributed by atoms with Gasteiger partial charge in [0.1, 0.15) is 0 Å². The van der Waals surface area contributed by atoms with E-state index in [2.05, 4.69) is 45.7 Å². The number of carboxylic acids is 2. The van der Waals surface area contributed by atoms with Gasteiger partial charge >= 0.3 is 11.9 Å². The molecule has 0 radical (unpaired) electrons. The van der Waals surface area contributed by atoms with Gasteiger partial charge in [-0.2, -0.15) is 0 Å². The number of aliphatic carboxylic acids is 1. The van der Waals surface area contributed by atoms with Crippen molar-refractivity contribution in [1.29, 1.82) is 0 Å². The topological polar surface area (TPSA) is 107 Å². The second kappa shape index (κ2) is 15.0. The fourth-order valence-electron chi connectivity index (χ4n) is 12.7. The molecule has 276 valence electrons. The molecule has 8 atom stereocenters. The van der Waals surface area contributed by atoms with Crippen LogP contribution in [0.15, 0.2) is 43.0 Å². The Morgan fingerprint density at radius 2 is 1.62 bits per heavy atom. The van der Waals surface area contributed by atoms with Crippen LogP contribution in [0.5, 0.6) is 0 Å². The minimum absolute atomic E-state index is 0.00294. The van der Waals surface area contributed by atoms with E-state index >= 15 is 0 Å². The number of nitrogens with zero attached hydrogens (tertiary/aromatic N) is 1. The van der Waals surface area contributed by atoms with Gasteiger partial charge in [0, 0.05) is 13.1 Å². The molecule has 0 aliphatic heterocycles. The summed E-state index contributed by atoms with van der Waals surface area (Å²) in [5.41, 5.74) is 3.16. The first-order valence-corrected chi connectivity index (χ1v) is 19.5. The number of hydrogen-bond acceptors (Lipinski definition) is 4. The average molecular weight is 689 g/mol. The summed E-state index contributed by atoms with van der Waals surface area (Å²) in [6, 6.07) is 7.50. The molecule has 7 nitrogen and oxygen atoms in total. The summed E-state index contributed by atoms with van der Waals surface area (Å²) >= 11 is 0. The van der Waals surface area contributed by atoms with Crippen LogP contribution < -0.4 is 5.32 Å². The lowest BCUT2D eigenvalue weighted by molar-refractivity contribution is -0.181. The van der Waals surface area contributed by atoms with Crippen LogP contribution in [0.1, 0.15) is 128 Å². The Hall–Kier alpha value is -2.93. The third kappa shape index (κ3) is 6.73. The van der Waals surface area contributed by atoms with E-state index in [-0.39, 0.29) is 34.1 Å². The lowest BCUT2D eigenvalue weighted by Gasteiger charge is -2.68. The highest BCUT2D eigenvalue weighted by Gasteiger charge is 2.66. The zero-order chi connectivity index (χ0) is 36.5. The summed E-state index contributed by atoms with van der Waals surface area (Å²) in [5, 5.41) is 21.9. The van der Waals surface area contributed by atoms with Crippen LogP contribution in [-0.4, -0.2) is 59.1 Å². The minimum Gasteiger partial charge on any atom is -0.480 e. The van der Waals surface area contributed by atoms with Gasteiger partial charge in [-0.05, 0) is 147 Å². The maximum atomic E-state index is 14.0. The highest BCUT2D eigenvalue weighted by Crippen LogP contribution is 2.73. The summed E-state index contributed by atoms with van der Waals surface area (Å²) < 4.78 is 0. The van der Waals surface area contributed by atoms with Gasteiger partial charge < -0.3 is 15.5 Å². The molecule has 7 heteroatoms. The van der Waals surface area contributed by atoms with Gasteiger partial charge in [-0.25, -0.2) is 4.79 Å². The van der Waals surface area contributed by atoms with Gasteiger partial charge in [-0.3, -0.25) is 14.5 Å². The molecule has 8 unspecified atom stereocenters. The van der Waals surface area contributed by atoms with Crippen molar-refractivity contribution in [2.24, 2.45) is 51.2 Å². The standard InChI is InChI=1S/C40H58N2O5.C3H6/c1-6-42(25-34(43)44)24-8-23-41-36(47)40-19-7-9-31(40)28-14-15-33-38(4,30(28)17-22-40)21-18-32-37(2,3)29(16-20-39(32,33)5)26-10-12-27(13-11-26)35(45)46;1-3-2/h10-13,16,28,30-33H,6-9,14-15,17-25H2,1-5H3,(H,41,47)(H,43,44)(H,45,46);3H,1H2,2H3. The number of carbonyl (C=O) groups is 3. The molecule has 5 aliphatic carbocycles. The molecule has 0 heterocycles. The molecule has 4 saturated carbocycles. The molecular formula is C43H64N2O5. The number of hydrogen-bond donors (Lipinski definition) is 3. The Balaban J connectivity index is 0.00000156. The fraction of sp³-hybridized carbons (Fsp3) is 0.698. The molecule has 1 aromatic carbocycles. The minimum atomic E-state index is -0.880. The van der Waals surface area contributed by atoms with E-state index in [9.17, 15) is 19.5 Å². The summed E-state index contributed by atoms with van der Waals surface area (Å²) in [7, 11) is 0. The van der Waals surface area contributed by atoms with Crippen molar-refractivity contribution in [3.8, 4) is 0 Å². The summed E-state index contributed by atoms with van der Waals surface area (Å²) in [5.74, 6) is 1.60. The Morgan fingerprint density at radius 3 is 2.26 bits per heavy atom. The third-order valence-corrected chi connectivity index (χ3v) is 14.7. The number of nitrogens with one attached hydrogen (secondary N) is 1. The van der Waals surface area contributed by atoms with Crippen molar-refractivity contribution < 1.29 is 24.6 Å². The van der Waals surface area contributed by atoms with Crippen molar-refractivity contribution in [1.82, 2.24) is 10.2 Å². The quantitative estimate of drug-likeness (QED) is 0.167. The molecule has 3 N–H and O–H groups in total. The van der Waals surface area contributed by atoms with Gasteiger partial charge in [0.25, 0.3) is 0 Å². The van der Waals surface area contributed by atoms with Crippen molar-refractivity contribution in [3.63, 3.8) is 0 Å². The summed E-state index contributed by atoms with van der Waals surface area (Å²) in [4.78, 5) is 38.5. The Kier molecular flexibility index (Phi) is 11.5. The van der Waals surface area contributed by atoms with Crippen LogP contribution in [-0.2, 0) is 9.59 Å². The Labute approximate surface area is 301 Å². The molecule has 0 bridgehead atoms. The lowest BCUT2D eigenvalue weighted by Crippen LogP contribution is -2.62. The Morgan fingerprint density at radius 1 is 0.920 bits per heavy atom.